The van der Waals surface area contributed by atoms with E-state index in [0.29, 0.717) is 17.9 Å². The Kier molecular flexibility index (Phi) is 5.03. The van der Waals surface area contributed by atoms with Gasteiger partial charge in [-0.2, -0.15) is 0 Å². The van der Waals surface area contributed by atoms with Crippen molar-refractivity contribution in [2.24, 2.45) is 11.8 Å². The van der Waals surface area contributed by atoms with Gasteiger partial charge in [0.15, 0.2) is 0 Å². The normalized spacial score (nSPS) is 24.9. The Labute approximate surface area is 121 Å². The average molecular weight is 279 g/mol. The van der Waals surface area contributed by atoms with Crippen LogP contribution in [0.15, 0.2) is 18.2 Å². The van der Waals surface area contributed by atoms with Crippen molar-refractivity contribution in [3.63, 3.8) is 0 Å². The van der Waals surface area contributed by atoms with Gasteiger partial charge in [-0.3, -0.25) is 0 Å². The summed E-state index contributed by atoms with van der Waals surface area (Å²) in [6.45, 7) is 6.61. The van der Waals surface area contributed by atoms with Crippen molar-refractivity contribution in [2.45, 2.75) is 58.5 Å². The van der Waals surface area contributed by atoms with Crippen molar-refractivity contribution in [1.82, 2.24) is 5.32 Å². The van der Waals surface area contributed by atoms with Crippen LogP contribution in [-0.2, 0) is 0 Å². The maximum absolute atomic E-state index is 13.1. The molecule has 1 aromatic rings. The van der Waals surface area contributed by atoms with E-state index in [2.05, 4.69) is 19.2 Å². The molecule has 2 nitrogen and oxygen atoms in total. The smallest absolute Gasteiger partial charge is 0.126 e. The topological polar surface area (TPSA) is 32.3 Å². The van der Waals surface area contributed by atoms with Crippen LogP contribution in [0, 0.1) is 17.7 Å². The molecule has 0 saturated heterocycles. The van der Waals surface area contributed by atoms with Crippen molar-refractivity contribution in [3.05, 3.63) is 29.6 Å². The van der Waals surface area contributed by atoms with Gasteiger partial charge in [-0.15, -0.1) is 0 Å². The molecule has 1 aliphatic rings. The zero-order valence-corrected chi connectivity index (χ0v) is 12.7. The third kappa shape index (κ3) is 3.51. The van der Waals surface area contributed by atoms with Crippen LogP contribution in [0.5, 0.6) is 5.75 Å². The van der Waals surface area contributed by atoms with E-state index in [-0.39, 0.29) is 11.8 Å². The molecule has 0 radical (unpaired) electrons. The third-order valence-electron chi connectivity index (χ3n) is 4.60. The lowest BCUT2D eigenvalue weighted by Gasteiger charge is -2.37. The number of aromatic hydroxyl groups is 1. The molecule has 0 spiro atoms. The molecule has 3 heteroatoms. The summed E-state index contributed by atoms with van der Waals surface area (Å²) >= 11 is 0. The van der Waals surface area contributed by atoms with E-state index in [1.54, 1.807) is 6.07 Å². The second-order valence-corrected chi connectivity index (χ2v) is 6.39. The molecule has 20 heavy (non-hydrogen) atoms. The molecular formula is C17H26FNO. The third-order valence-corrected chi connectivity index (χ3v) is 4.60. The molecule has 2 rings (SSSR count). The van der Waals surface area contributed by atoms with Crippen LogP contribution < -0.4 is 5.32 Å². The Morgan fingerprint density at radius 3 is 2.55 bits per heavy atom. The van der Waals surface area contributed by atoms with Gasteiger partial charge >= 0.3 is 0 Å². The van der Waals surface area contributed by atoms with E-state index in [1.807, 2.05) is 6.92 Å². The lowest BCUT2D eigenvalue weighted by Crippen LogP contribution is -2.42. The number of hydrogen-bond acceptors (Lipinski definition) is 2. The van der Waals surface area contributed by atoms with Crippen LogP contribution in [0.25, 0.3) is 0 Å². The number of phenolic OH excluding ortho intramolecular Hbond substituents is 1. The van der Waals surface area contributed by atoms with Crippen molar-refractivity contribution in [1.29, 1.82) is 0 Å². The molecule has 0 aliphatic heterocycles. The van der Waals surface area contributed by atoms with Gasteiger partial charge in [-0.05, 0) is 37.7 Å². The molecule has 0 heterocycles. The van der Waals surface area contributed by atoms with E-state index in [9.17, 15) is 9.50 Å². The number of nitrogens with one attached hydrogen (secondary N) is 1. The SMILES string of the molecule is CC(NC1CCCCC1C(C)C)c1ccc(F)cc1O. The van der Waals surface area contributed by atoms with Crippen LogP contribution in [0.1, 0.15) is 58.1 Å². The van der Waals surface area contributed by atoms with E-state index < -0.39 is 5.82 Å². The van der Waals surface area contributed by atoms with Crippen LogP contribution in [0.2, 0.25) is 0 Å². The van der Waals surface area contributed by atoms with E-state index in [1.165, 1.54) is 37.8 Å². The minimum Gasteiger partial charge on any atom is -0.508 e. The standard InChI is InChI=1S/C17H26FNO/c1-11(2)14-6-4-5-7-16(14)19-12(3)15-9-8-13(18)10-17(15)20/h8-12,14,16,19-20H,4-7H2,1-3H3. The molecule has 0 amide bonds. The fourth-order valence-electron chi connectivity index (χ4n) is 3.46. The Balaban J connectivity index is 2.07. The Bertz CT molecular complexity index is 447. The Hall–Kier alpha value is -1.09. The molecule has 1 aromatic carbocycles. The van der Waals surface area contributed by atoms with Crippen LogP contribution in [0.3, 0.4) is 0 Å². The van der Waals surface area contributed by atoms with Crippen LogP contribution in [-0.4, -0.2) is 11.1 Å². The van der Waals surface area contributed by atoms with E-state index in [0.717, 1.165) is 5.56 Å². The summed E-state index contributed by atoms with van der Waals surface area (Å²) in [5.41, 5.74) is 0.777. The van der Waals surface area contributed by atoms with Gasteiger partial charge in [-0.25, -0.2) is 4.39 Å². The fourth-order valence-corrected chi connectivity index (χ4v) is 3.46. The maximum atomic E-state index is 13.1. The van der Waals surface area contributed by atoms with Crippen LogP contribution >= 0.6 is 0 Å². The first-order valence-electron chi connectivity index (χ1n) is 7.73. The first-order chi connectivity index (χ1) is 9.49. The quantitative estimate of drug-likeness (QED) is 0.856. The highest BCUT2D eigenvalue weighted by atomic mass is 19.1. The van der Waals surface area contributed by atoms with Gasteiger partial charge in [0, 0.05) is 23.7 Å². The molecule has 1 saturated carbocycles. The number of halogens is 1. The molecule has 0 aromatic heterocycles. The van der Waals surface area contributed by atoms with E-state index >= 15 is 0 Å². The number of phenols is 1. The largest absolute Gasteiger partial charge is 0.508 e. The molecular weight excluding hydrogens is 253 g/mol. The molecule has 0 bridgehead atoms. The van der Waals surface area contributed by atoms with Gasteiger partial charge in [0.2, 0.25) is 0 Å². The highest BCUT2D eigenvalue weighted by Gasteiger charge is 2.28. The van der Waals surface area contributed by atoms with Crippen molar-refractivity contribution in [3.8, 4) is 5.75 Å². The summed E-state index contributed by atoms with van der Waals surface area (Å²) in [6.07, 6.45) is 5.05. The van der Waals surface area contributed by atoms with Crippen molar-refractivity contribution >= 4 is 0 Å². The lowest BCUT2D eigenvalue weighted by molar-refractivity contribution is 0.194. The fraction of sp³-hybridized carbons (Fsp3) is 0.647. The highest BCUT2D eigenvalue weighted by molar-refractivity contribution is 5.35. The molecule has 3 atom stereocenters. The minimum atomic E-state index is -0.392. The maximum Gasteiger partial charge on any atom is 0.126 e. The molecule has 1 aliphatic carbocycles. The minimum absolute atomic E-state index is 0.0416. The first kappa shape index (κ1) is 15.3. The second kappa shape index (κ2) is 6.57. The predicted molar refractivity (Wildman–Crippen MR) is 80.2 cm³/mol. The van der Waals surface area contributed by atoms with E-state index in [4.69, 9.17) is 0 Å². The summed E-state index contributed by atoms with van der Waals surface area (Å²) in [4.78, 5) is 0. The molecule has 3 unspecified atom stereocenters. The lowest BCUT2D eigenvalue weighted by atomic mass is 9.77. The summed E-state index contributed by atoms with van der Waals surface area (Å²) in [5.74, 6) is 1.01. The molecule has 2 N–H and O–H groups in total. The van der Waals surface area contributed by atoms with Gasteiger partial charge in [0.25, 0.3) is 0 Å². The summed E-state index contributed by atoms with van der Waals surface area (Å²) in [7, 11) is 0. The zero-order chi connectivity index (χ0) is 14.7. The van der Waals surface area contributed by atoms with Gasteiger partial charge in [0.05, 0.1) is 0 Å². The average Bonchev–Trinajstić information content (AvgIpc) is 2.38. The highest BCUT2D eigenvalue weighted by Crippen LogP contribution is 2.33. The summed E-state index contributed by atoms with van der Waals surface area (Å²) in [5, 5.41) is 13.5. The number of benzene rings is 1. The molecule has 1 fully saturated rings. The van der Waals surface area contributed by atoms with Crippen molar-refractivity contribution < 1.29 is 9.50 Å². The Morgan fingerprint density at radius 1 is 1.20 bits per heavy atom. The number of rotatable bonds is 4. The monoisotopic (exact) mass is 279 g/mol. The second-order valence-electron chi connectivity index (χ2n) is 6.39. The molecule has 112 valence electrons. The van der Waals surface area contributed by atoms with Gasteiger partial charge in [-0.1, -0.05) is 32.8 Å². The summed E-state index contributed by atoms with van der Waals surface area (Å²) in [6, 6.07) is 4.81. The number of hydrogen-bond donors (Lipinski definition) is 2. The van der Waals surface area contributed by atoms with Crippen molar-refractivity contribution in [2.75, 3.05) is 0 Å². The van der Waals surface area contributed by atoms with Crippen LogP contribution in [0.4, 0.5) is 4.39 Å². The first-order valence-corrected chi connectivity index (χ1v) is 7.73. The zero-order valence-electron chi connectivity index (χ0n) is 12.7. The predicted octanol–water partition coefficient (Wildman–Crippen LogP) is 4.40. The van der Waals surface area contributed by atoms with Gasteiger partial charge < -0.3 is 10.4 Å². The summed E-state index contributed by atoms with van der Waals surface area (Å²) < 4.78 is 13.1. The Morgan fingerprint density at radius 2 is 1.90 bits per heavy atom. The van der Waals surface area contributed by atoms with Gasteiger partial charge in [0.1, 0.15) is 11.6 Å².